The number of rotatable bonds is 5. The van der Waals surface area contributed by atoms with Crippen LogP contribution in [0.25, 0.3) is 0 Å². The van der Waals surface area contributed by atoms with Crippen LogP contribution in [0, 0.1) is 6.92 Å². The van der Waals surface area contributed by atoms with E-state index in [1.165, 1.54) is 11.3 Å². The average molecular weight is 296 g/mol. The molecule has 0 spiro atoms. The van der Waals surface area contributed by atoms with Gasteiger partial charge in [0.2, 0.25) is 0 Å². The molecule has 2 aromatic rings. The first-order valence-corrected chi connectivity index (χ1v) is 8.52. The molecule has 1 heterocycles. The Kier molecular flexibility index (Phi) is 4.21. The lowest BCUT2D eigenvalue weighted by atomic mass is 10.2. The van der Waals surface area contributed by atoms with E-state index in [0.717, 1.165) is 17.2 Å². The topological polar surface area (TPSA) is 59.1 Å². The second kappa shape index (κ2) is 5.71. The van der Waals surface area contributed by atoms with E-state index in [9.17, 15) is 8.42 Å². The highest BCUT2D eigenvalue weighted by Crippen LogP contribution is 2.20. The van der Waals surface area contributed by atoms with E-state index in [0.29, 0.717) is 10.6 Å². The summed E-state index contributed by atoms with van der Waals surface area (Å²) in [6.45, 7) is 4.68. The van der Waals surface area contributed by atoms with Crippen molar-refractivity contribution in [3.05, 3.63) is 40.9 Å². The standard InChI is InChI=1S/C13H16N2O2S2/c1-3-14-13-15-11(8-18-13)9-19(16,17)12-6-4-10(2)5-7-12/h4-8H,3,9H2,1-2H3,(H,14,15). The fourth-order valence-electron chi connectivity index (χ4n) is 1.63. The highest BCUT2D eigenvalue weighted by molar-refractivity contribution is 7.90. The van der Waals surface area contributed by atoms with E-state index >= 15 is 0 Å². The molecule has 0 unspecified atom stereocenters. The van der Waals surface area contributed by atoms with Gasteiger partial charge in [-0.25, -0.2) is 13.4 Å². The highest BCUT2D eigenvalue weighted by atomic mass is 32.2. The van der Waals surface area contributed by atoms with Gasteiger partial charge in [0.1, 0.15) is 0 Å². The lowest BCUT2D eigenvalue weighted by Gasteiger charge is -2.03. The van der Waals surface area contributed by atoms with Gasteiger partial charge < -0.3 is 5.32 Å². The monoisotopic (exact) mass is 296 g/mol. The molecule has 4 nitrogen and oxygen atoms in total. The molecule has 6 heteroatoms. The maximum Gasteiger partial charge on any atom is 0.184 e. The van der Waals surface area contributed by atoms with Crippen LogP contribution in [0.4, 0.5) is 5.13 Å². The summed E-state index contributed by atoms with van der Waals surface area (Å²) in [5.41, 5.74) is 1.63. The highest BCUT2D eigenvalue weighted by Gasteiger charge is 2.17. The molecule has 0 aliphatic carbocycles. The molecule has 102 valence electrons. The van der Waals surface area contributed by atoms with Crippen molar-refractivity contribution in [1.29, 1.82) is 0 Å². The summed E-state index contributed by atoms with van der Waals surface area (Å²) >= 11 is 1.43. The third kappa shape index (κ3) is 3.54. The van der Waals surface area contributed by atoms with Gasteiger partial charge in [0.25, 0.3) is 0 Å². The second-order valence-corrected chi connectivity index (χ2v) is 7.09. The fourth-order valence-corrected chi connectivity index (χ4v) is 3.77. The van der Waals surface area contributed by atoms with Crippen molar-refractivity contribution in [2.24, 2.45) is 0 Å². The molecule has 0 saturated carbocycles. The number of aryl methyl sites for hydroxylation is 1. The first kappa shape index (κ1) is 14.0. The Balaban J connectivity index is 2.18. The van der Waals surface area contributed by atoms with Crippen molar-refractivity contribution in [2.75, 3.05) is 11.9 Å². The maximum absolute atomic E-state index is 12.2. The Morgan fingerprint density at radius 3 is 2.58 bits per heavy atom. The van der Waals surface area contributed by atoms with Crippen LogP contribution in [0.1, 0.15) is 18.2 Å². The molecule has 0 aliphatic rings. The predicted molar refractivity (Wildman–Crippen MR) is 78.3 cm³/mol. The van der Waals surface area contributed by atoms with Gasteiger partial charge >= 0.3 is 0 Å². The molecule has 1 N–H and O–H groups in total. The van der Waals surface area contributed by atoms with Crippen LogP contribution in [0.15, 0.2) is 34.5 Å². The summed E-state index contributed by atoms with van der Waals surface area (Å²) in [5.74, 6) is -0.0576. The van der Waals surface area contributed by atoms with Crippen LogP contribution in [0.2, 0.25) is 0 Å². The predicted octanol–water partition coefficient (Wildman–Crippen LogP) is 2.86. The van der Waals surface area contributed by atoms with E-state index in [1.807, 2.05) is 13.8 Å². The van der Waals surface area contributed by atoms with Crippen LogP contribution in [0.3, 0.4) is 0 Å². The van der Waals surface area contributed by atoms with Crippen molar-refractivity contribution in [1.82, 2.24) is 4.98 Å². The number of anilines is 1. The summed E-state index contributed by atoms with van der Waals surface area (Å²) in [4.78, 5) is 4.60. The summed E-state index contributed by atoms with van der Waals surface area (Å²) in [5, 5.41) is 5.62. The Hall–Kier alpha value is -1.40. The zero-order valence-corrected chi connectivity index (χ0v) is 12.5. The fraction of sp³-hybridized carbons (Fsp3) is 0.308. The molecule has 0 atom stereocenters. The van der Waals surface area contributed by atoms with Gasteiger partial charge in [-0.05, 0) is 26.0 Å². The normalized spacial score (nSPS) is 11.5. The summed E-state index contributed by atoms with van der Waals surface area (Å²) in [6.07, 6.45) is 0. The Morgan fingerprint density at radius 1 is 1.26 bits per heavy atom. The van der Waals surface area contributed by atoms with Gasteiger partial charge in [-0.15, -0.1) is 11.3 Å². The first-order chi connectivity index (χ1) is 9.01. The number of nitrogens with one attached hydrogen (secondary N) is 1. The lowest BCUT2D eigenvalue weighted by molar-refractivity contribution is 0.595. The number of nitrogens with zero attached hydrogens (tertiary/aromatic N) is 1. The largest absolute Gasteiger partial charge is 0.362 e. The van der Waals surface area contributed by atoms with E-state index in [4.69, 9.17) is 0 Å². The zero-order valence-electron chi connectivity index (χ0n) is 10.9. The van der Waals surface area contributed by atoms with E-state index in [-0.39, 0.29) is 5.75 Å². The minimum atomic E-state index is -3.32. The van der Waals surface area contributed by atoms with Gasteiger partial charge in [0.05, 0.1) is 16.3 Å². The molecule has 1 aromatic heterocycles. The molecular weight excluding hydrogens is 280 g/mol. The number of aromatic nitrogens is 1. The van der Waals surface area contributed by atoms with Gasteiger partial charge in [0, 0.05) is 11.9 Å². The van der Waals surface area contributed by atoms with Crippen molar-refractivity contribution in [3.8, 4) is 0 Å². The number of sulfone groups is 1. The number of benzene rings is 1. The zero-order chi connectivity index (χ0) is 13.9. The van der Waals surface area contributed by atoms with Crippen molar-refractivity contribution >= 4 is 26.3 Å². The molecule has 0 amide bonds. The van der Waals surface area contributed by atoms with Crippen molar-refractivity contribution in [2.45, 2.75) is 24.5 Å². The van der Waals surface area contributed by atoms with Crippen LogP contribution >= 0.6 is 11.3 Å². The summed E-state index contributed by atoms with van der Waals surface area (Å²) in [6, 6.07) is 6.89. The van der Waals surface area contributed by atoms with Crippen molar-refractivity contribution in [3.63, 3.8) is 0 Å². The SMILES string of the molecule is CCNc1nc(CS(=O)(=O)c2ccc(C)cc2)cs1. The average Bonchev–Trinajstić information content (AvgIpc) is 2.77. The molecule has 0 bridgehead atoms. The minimum Gasteiger partial charge on any atom is -0.362 e. The number of hydrogen-bond acceptors (Lipinski definition) is 5. The Bertz CT molecular complexity index is 646. The van der Waals surface area contributed by atoms with E-state index in [2.05, 4.69) is 10.3 Å². The molecule has 0 saturated heterocycles. The lowest BCUT2D eigenvalue weighted by Crippen LogP contribution is -2.05. The molecular formula is C13H16N2O2S2. The van der Waals surface area contributed by atoms with E-state index in [1.54, 1.807) is 29.6 Å². The smallest absolute Gasteiger partial charge is 0.184 e. The molecule has 0 radical (unpaired) electrons. The molecule has 1 aromatic carbocycles. The molecule has 0 fully saturated rings. The van der Waals surface area contributed by atoms with Gasteiger partial charge in [-0.2, -0.15) is 0 Å². The van der Waals surface area contributed by atoms with Crippen LogP contribution in [-0.4, -0.2) is 19.9 Å². The summed E-state index contributed by atoms with van der Waals surface area (Å²) < 4.78 is 24.4. The van der Waals surface area contributed by atoms with E-state index < -0.39 is 9.84 Å². The third-order valence-electron chi connectivity index (χ3n) is 2.60. The molecule has 2 rings (SSSR count). The van der Waals surface area contributed by atoms with Crippen molar-refractivity contribution < 1.29 is 8.42 Å². The van der Waals surface area contributed by atoms with Gasteiger partial charge in [0.15, 0.2) is 15.0 Å². The summed E-state index contributed by atoms with van der Waals surface area (Å²) in [7, 11) is -3.32. The van der Waals surface area contributed by atoms with Gasteiger partial charge in [-0.1, -0.05) is 17.7 Å². The Morgan fingerprint density at radius 2 is 1.95 bits per heavy atom. The minimum absolute atomic E-state index is 0.0576. The molecule has 19 heavy (non-hydrogen) atoms. The van der Waals surface area contributed by atoms with Gasteiger partial charge in [-0.3, -0.25) is 0 Å². The second-order valence-electron chi connectivity index (χ2n) is 4.25. The number of hydrogen-bond donors (Lipinski definition) is 1. The van der Waals surface area contributed by atoms with Crippen LogP contribution < -0.4 is 5.32 Å². The number of thiazole rings is 1. The van der Waals surface area contributed by atoms with Crippen LogP contribution in [-0.2, 0) is 15.6 Å². The maximum atomic E-state index is 12.2. The quantitative estimate of drug-likeness (QED) is 0.921. The first-order valence-electron chi connectivity index (χ1n) is 5.99. The molecule has 0 aliphatic heterocycles. The Labute approximate surface area is 117 Å². The van der Waals surface area contributed by atoms with Crippen LogP contribution in [0.5, 0.6) is 0 Å². The third-order valence-corrected chi connectivity index (χ3v) is 5.11.